The molecule has 5 heteroatoms. The van der Waals surface area contributed by atoms with Crippen LogP contribution in [-0.2, 0) is 6.54 Å². The van der Waals surface area contributed by atoms with Gasteiger partial charge in [0.1, 0.15) is 11.6 Å². The second-order valence-electron chi connectivity index (χ2n) is 3.41. The molecule has 0 atom stereocenters. The SMILES string of the molecule is CCOc1cc(F)ccc1NCc1ccno1. The van der Waals surface area contributed by atoms with Gasteiger partial charge < -0.3 is 14.6 Å². The number of aromatic nitrogens is 1. The quantitative estimate of drug-likeness (QED) is 0.867. The molecule has 90 valence electrons. The maximum Gasteiger partial charge on any atom is 0.155 e. The van der Waals surface area contributed by atoms with E-state index in [9.17, 15) is 4.39 Å². The first-order chi connectivity index (χ1) is 8.29. The number of hydrogen-bond donors (Lipinski definition) is 1. The molecule has 0 radical (unpaired) electrons. The average molecular weight is 236 g/mol. The lowest BCUT2D eigenvalue weighted by molar-refractivity contribution is 0.339. The van der Waals surface area contributed by atoms with Gasteiger partial charge in [-0.3, -0.25) is 0 Å². The Labute approximate surface area is 98.4 Å². The van der Waals surface area contributed by atoms with Crippen molar-refractivity contribution in [2.45, 2.75) is 13.5 Å². The number of nitrogens with zero attached hydrogens (tertiary/aromatic N) is 1. The minimum Gasteiger partial charge on any atom is -0.492 e. The van der Waals surface area contributed by atoms with Gasteiger partial charge in [-0.1, -0.05) is 5.16 Å². The van der Waals surface area contributed by atoms with E-state index in [1.165, 1.54) is 12.1 Å². The van der Waals surface area contributed by atoms with E-state index in [0.29, 0.717) is 24.7 Å². The van der Waals surface area contributed by atoms with Crippen molar-refractivity contribution in [1.29, 1.82) is 0 Å². The van der Waals surface area contributed by atoms with Gasteiger partial charge in [0.25, 0.3) is 0 Å². The molecule has 0 aliphatic heterocycles. The van der Waals surface area contributed by atoms with Gasteiger partial charge in [0.15, 0.2) is 5.76 Å². The third-order valence-corrected chi connectivity index (χ3v) is 2.19. The zero-order valence-electron chi connectivity index (χ0n) is 9.44. The Bertz CT molecular complexity index is 471. The summed E-state index contributed by atoms with van der Waals surface area (Å²) in [7, 11) is 0. The molecule has 0 saturated heterocycles. The molecule has 2 rings (SSSR count). The van der Waals surface area contributed by atoms with Crippen LogP contribution in [0.3, 0.4) is 0 Å². The molecular weight excluding hydrogens is 223 g/mol. The van der Waals surface area contributed by atoms with Gasteiger partial charge in [0.2, 0.25) is 0 Å². The summed E-state index contributed by atoms with van der Waals surface area (Å²) in [6.45, 7) is 2.82. The topological polar surface area (TPSA) is 47.3 Å². The summed E-state index contributed by atoms with van der Waals surface area (Å²) in [6, 6.07) is 6.13. The Kier molecular flexibility index (Phi) is 3.59. The molecule has 17 heavy (non-hydrogen) atoms. The molecule has 0 unspecified atom stereocenters. The Morgan fingerprint density at radius 1 is 1.41 bits per heavy atom. The van der Waals surface area contributed by atoms with Gasteiger partial charge in [0, 0.05) is 12.1 Å². The summed E-state index contributed by atoms with van der Waals surface area (Å²) < 4.78 is 23.3. The molecule has 1 heterocycles. The van der Waals surface area contributed by atoms with Gasteiger partial charge in [-0.05, 0) is 19.1 Å². The summed E-state index contributed by atoms with van der Waals surface area (Å²) in [6.07, 6.45) is 1.57. The highest BCUT2D eigenvalue weighted by molar-refractivity contribution is 5.56. The molecule has 0 aliphatic rings. The van der Waals surface area contributed by atoms with E-state index in [4.69, 9.17) is 9.26 Å². The van der Waals surface area contributed by atoms with Crippen LogP contribution >= 0.6 is 0 Å². The van der Waals surface area contributed by atoms with E-state index in [2.05, 4.69) is 10.5 Å². The van der Waals surface area contributed by atoms with Gasteiger partial charge in [-0.25, -0.2) is 4.39 Å². The fraction of sp³-hybridized carbons (Fsp3) is 0.250. The largest absolute Gasteiger partial charge is 0.492 e. The highest BCUT2D eigenvalue weighted by Crippen LogP contribution is 2.25. The molecular formula is C12H13FN2O2. The van der Waals surface area contributed by atoms with Gasteiger partial charge >= 0.3 is 0 Å². The van der Waals surface area contributed by atoms with E-state index in [1.807, 2.05) is 6.92 Å². The first kappa shape index (κ1) is 11.4. The predicted molar refractivity (Wildman–Crippen MR) is 61.4 cm³/mol. The van der Waals surface area contributed by atoms with Gasteiger partial charge in [-0.2, -0.15) is 0 Å². The second kappa shape index (κ2) is 5.34. The highest BCUT2D eigenvalue weighted by Gasteiger charge is 2.05. The number of benzene rings is 1. The Hall–Kier alpha value is -2.04. The van der Waals surface area contributed by atoms with Crippen molar-refractivity contribution in [2.24, 2.45) is 0 Å². The summed E-state index contributed by atoms with van der Waals surface area (Å²) >= 11 is 0. The van der Waals surface area contributed by atoms with Crippen molar-refractivity contribution in [3.05, 3.63) is 42.0 Å². The molecule has 1 N–H and O–H groups in total. The molecule has 0 bridgehead atoms. The predicted octanol–water partition coefficient (Wildman–Crippen LogP) is 2.82. The van der Waals surface area contributed by atoms with Crippen LogP contribution in [0.2, 0.25) is 0 Å². The van der Waals surface area contributed by atoms with Crippen molar-refractivity contribution in [1.82, 2.24) is 5.16 Å². The summed E-state index contributed by atoms with van der Waals surface area (Å²) in [4.78, 5) is 0. The molecule has 0 fully saturated rings. The monoisotopic (exact) mass is 236 g/mol. The van der Waals surface area contributed by atoms with Crippen molar-refractivity contribution in [3.8, 4) is 5.75 Å². The van der Waals surface area contributed by atoms with E-state index >= 15 is 0 Å². The lowest BCUT2D eigenvalue weighted by atomic mass is 10.2. The van der Waals surface area contributed by atoms with Crippen LogP contribution in [0.25, 0.3) is 0 Å². The Morgan fingerprint density at radius 3 is 3.00 bits per heavy atom. The summed E-state index contributed by atoms with van der Waals surface area (Å²) in [5.41, 5.74) is 0.727. The fourth-order valence-electron chi connectivity index (χ4n) is 1.43. The average Bonchev–Trinajstić information content (AvgIpc) is 2.81. The third-order valence-electron chi connectivity index (χ3n) is 2.19. The smallest absolute Gasteiger partial charge is 0.155 e. The standard InChI is InChI=1S/C12H13FN2O2/c1-2-16-12-7-9(13)3-4-11(12)14-8-10-5-6-15-17-10/h3-7,14H,2,8H2,1H3. The zero-order chi connectivity index (χ0) is 12.1. The number of rotatable bonds is 5. The van der Waals surface area contributed by atoms with Crippen LogP contribution in [0, 0.1) is 5.82 Å². The minimum atomic E-state index is -0.321. The van der Waals surface area contributed by atoms with Crippen LogP contribution in [0.1, 0.15) is 12.7 Å². The zero-order valence-corrected chi connectivity index (χ0v) is 9.44. The van der Waals surface area contributed by atoms with Gasteiger partial charge in [-0.15, -0.1) is 0 Å². The van der Waals surface area contributed by atoms with Crippen molar-refractivity contribution < 1.29 is 13.7 Å². The summed E-state index contributed by atoms with van der Waals surface area (Å²) in [5.74, 6) is 0.877. The number of anilines is 1. The maximum atomic E-state index is 13.0. The second-order valence-corrected chi connectivity index (χ2v) is 3.41. The molecule has 0 aliphatic carbocycles. The number of hydrogen-bond acceptors (Lipinski definition) is 4. The van der Waals surface area contributed by atoms with E-state index < -0.39 is 0 Å². The van der Waals surface area contributed by atoms with E-state index in [-0.39, 0.29) is 5.82 Å². The number of nitrogens with one attached hydrogen (secondary N) is 1. The molecule has 0 spiro atoms. The third kappa shape index (κ3) is 2.96. The molecule has 4 nitrogen and oxygen atoms in total. The molecule has 1 aromatic carbocycles. The van der Waals surface area contributed by atoms with Crippen LogP contribution in [0.4, 0.5) is 10.1 Å². The van der Waals surface area contributed by atoms with Gasteiger partial charge in [0.05, 0.1) is 25.0 Å². The van der Waals surface area contributed by atoms with Crippen molar-refractivity contribution >= 4 is 5.69 Å². The van der Waals surface area contributed by atoms with Crippen LogP contribution in [0.5, 0.6) is 5.75 Å². The van der Waals surface area contributed by atoms with Crippen LogP contribution < -0.4 is 10.1 Å². The minimum absolute atomic E-state index is 0.321. The maximum absolute atomic E-state index is 13.0. The van der Waals surface area contributed by atoms with Crippen LogP contribution in [-0.4, -0.2) is 11.8 Å². The Balaban J connectivity index is 2.08. The number of ether oxygens (including phenoxy) is 1. The van der Waals surface area contributed by atoms with Crippen molar-refractivity contribution in [3.63, 3.8) is 0 Å². The van der Waals surface area contributed by atoms with Crippen LogP contribution in [0.15, 0.2) is 35.0 Å². The summed E-state index contributed by atoms with van der Waals surface area (Å²) in [5, 5.41) is 6.70. The fourth-order valence-corrected chi connectivity index (χ4v) is 1.43. The normalized spacial score (nSPS) is 10.2. The number of halogens is 1. The lowest BCUT2D eigenvalue weighted by Crippen LogP contribution is -2.02. The lowest BCUT2D eigenvalue weighted by Gasteiger charge is -2.11. The highest BCUT2D eigenvalue weighted by atomic mass is 19.1. The molecule has 1 aromatic heterocycles. The molecule has 0 saturated carbocycles. The molecule has 0 amide bonds. The van der Waals surface area contributed by atoms with E-state index in [1.54, 1.807) is 18.3 Å². The van der Waals surface area contributed by atoms with E-state index in [0.717, 1.165) is 5.69 Å². The Morgan fingerprint density at radius 2 is 2.29 bits per heavy atom. The van der Waals surface area contributed by atoms with Crippen molar-refractivity contribution in [2.75, 3.05) is 11.9 Å². The first-order valence-corrected chi connectivity index (χ1v) is 5.35. The molecule has 2 aromatic rings. The first-order valence-electron chi connectivity index (χ1n) is 5.35.